The third-order valence-electron chi connectivity index (χ3n) is 4.85. The van der Waals surface area contributed by atoms with E-state index in [2.05, 4.69) is 20.6 Å². The van der Waals surface area contributed by atoms with Gasteiger partial charge in [0.25, 0.3) is 0 Å². The number of sulfone groups is 1. The summed E-state index contributed by atoms with van der Waals surface area (Å²) in [7, 11) is -3.33. The number of rotatable bonds is 9. The van der Waals surface area contributed by atoms with Gasteiger partial charge in [0.1, 0.15) is 11.4 Å². The molecule has 0 amide bonds. The Labute approximate surface area is 192 Å². The van der Waals surface area contributed by atoms with E-state index >= 15 is 0 Å². The fourth-order valence-corrected chi connectivity index (χ4v) is 3.83. The number of carbonyl (C=O) groups excluding carboxylic acids is 1. The first-order valence-electron chi connectivity index (χ1n) is 10.3. The highest BCUT2D eigenvalue weighted by Gasteiger charge is 2.20. The Morgan fingerprint density at radius 3 is 2.52 bits per heavy atom. The third-order valence-corrected chi connectivity index (χ3v) is 5.96. The Bertz CT molecular complexity index is 1230. The third kappa shape index (κ3) is 6.05. The minimum atomic E-state index is -3.33. The Kier molecular flexibility index (Phi) is 7.62. The van der Waals surface area contributed by atoms with Crippen molar-refractivity contribution in [3.63, 3.8) is 0 Å². The zero-order chi connectivity index (χ0) is 24.0. The van der Waals surface area contributed by atoms with E-state index in [0.717, 1.165) is 11.8 Å². The largest absolute Gasteiger partial charge is 0.462 e. The van der Waals surface area contributed by atoms with Crippen LogP contribution in [0.1, 0.15) is 34.5 Å². The Morgan fingerprint density at radius 2 is 1.91 bits per heavy atom. The molecule has 0 bridgehead atoms. The summed E-state index contributed by atoms with van der Waals surface area (Å²) < 4.78 is 28.7. The molecule has 9 nitrogen and oxygen atoms in total. The minimum absolute atomic E-state index is 0.126. The number of nitrogens with zero attached hydrogens (tertiary/aromatic N) is 2. The zero-order valence-corrected chi connectivity index (χ0v) is 19.4. The number of ether oxygens (including phenoxy) is 1. The maximum atomic E-state index is 12.4. The maximum absolute atomic E-state index is 12.4. The van der Waals surface area contributed by atoms with Crippen LogP contribution in [0.3, 0.4) is 0 Å². The van der Waals surface area contributed by atoms with Crippen molar-refractivity contribution < 1.29 is 23.1 Å². The van der Waals surface area contributed by atoms with Crippen molar-refractivity contribution in [3.8, 4) is 0 Å². The van der Waals surface area contributed by atoms with E-state index in [0.29, 0.717) is 11.3 Å². The molecule has 3 N–H and O–H groups in total. The molecule has 1 atom stereocenters. The number of hydrogen-bond acceptors (Lipinski definition) is 9. The molecule has 0 radical (unpaired) electrons. The van der Waals surface area contributed by atoms with E-state index in [1.54, 1.807) is 26.0 Å². The second kappa shape index (κ2) is 10.4. The van der Waals surface area contributed by atoms with Crippen LogP contribution in [0.4, 0.5) is 17.5 Å². The number of carbonyl (C=O) groups is 1. The average molecular weight is 471 g/mol. The Morgan fingerprint density at radius 1 is 1.18 bits per heavy atom. The lowest BCUT2D eigenvalue weighted by Crippen LogP contribution is -2.19. The highest BCUT2D eigenvalue weighted by atomic mass is 32.2. The predicted octanol–water partition coefficient (Wildman–Crippen LogP) is 3.25. The predicted molar refractivity (Wildman–Crippen MR) is 125 cm³/mol. The van der Waals surface area contributed by atoms with Crippen molar-refractivity contribution in [1.82, 2.24) is 9.97 Å². The van der Waals surface area contributed by atoms with E-state index in [4.69, 9.17) is 4.74 Å². The van der Waals surface area contributed by atoms with Gasteiger partial charge in [-0.3, -0.25) is 0 Å². The van der Waals surface area contributed by atoms with Gasteiger partial charge in [-0.05, 0) is 43.2 Å². The fourth-order valence-electron chi connectivity index (χ4n) is 3.12. The number of anilines is 3. The normalized spacial score (nSPS) is 12.1. The molecular formula is C23H26N4O5S. The van der Waals surface area contributed by atoms with Gasteiger partial charge in [-0.2, -0.15) is 4.98 Å². The van der Waals surface area contributed by atoms with E-state index in [1.165, 1.54) is 12.3 Å². The summed E-state index contributed by atoms with van der Waals surface area (Å²) in [4.78, 5) is 21.3. The van der Waals surface area contributed by atoms with Crippen LogP contribution in [-0.4, -0.2) is 48.9 Å². The van der Waals surface area contributed by atoms with Gasteiger partial charge in [0.15, 0.2) is 9.84 Å². The average Bonchev–Trinajstić information content (AvgIpc) is 2.79. The molecule has 174 valence electrons. The lowest BCUT2D eigenvalue weighted by molar-refractivity contribution is 0.0526. The van der Waals surface area contributed by atoms with E-state index in [-0.39, 0.29) is 35.4 Å². The van der Waals surface area contributed by atoms with Crippen molar-refractivity contribution in [3.05, 3.63) is 71.4 Å². The van der Waals surface area contributed by atoms with Crippen molar-refractivity contribution in [2.24, 2.45) is 0 Å². The van der Waals surface area contributed by atoms with E-state index < -0.39 is 21.8 Å². The summed E-state index contributed by atoms with van der Waals surface area (Å²) >= 11 is 0. The number of nitrogens with one attached hydrogen (secondary N) is 2. The van der Waals surface area contributed by atoms with Gasteiger partial charge in [-0.15, -0.1) is 0 Å². The lowest BCUT2D eigenvalue weighted by Gasteiger charge is -2.19. The number of aryl methyl sites for hydroxylation is 1. The van der Waals surface area contributed by atoms with Gasteiger partial charge in [-0.25, -0.2) is 18.2 Å². The van der Waals surface area contributed by atoms with Crippen LogP contribution in [0.5, 0.6) is 0 Å². The molecular weight excluding hydrogens is 444 g/mol. The van der Waals surface area contributed by atoms with Crippen LogP contribution in [0.25, 0.3) is 0 Å². The molecule has 33 heavy (non-hydrogen) atoms. The van der Waals surface area contributed by atoms with Crippen molar-refractivity contribution >= 4 is 33.3 Å². The van der Waals surface area contributed by atoms with E-state index in [9.17, 15) is 18.3 Å². The van der Waals surface area contributed by atoms with Gasteiger partial charge >= 0.3 is 5.97 Å². The summed E-state index contributed by atoms with van der Waals surface area (Å²) in [5, 5.41) is 16.1. The van der Waals surface area contributed by atoms with Gasteiger partial charge in [0.2, 0.25) is 5.95 Å². The van der Waals surface area contributed by atoms with Crippen LogP contribution < -0.4 is 10.6 Å². The molecule has 0 aliphatic heterocycles. The van der Waals surface area contributed by atoms with Gasteiger partial charge < -0.3 is 20.5 Å². The van der Waals surface area contributed by atoms with Crippen LogP contribution in [0.2, 0.25) is 0 Å². The van der Waals surface area contributed by atoms with Gasteiger partial charge in [0.05, 0.1) is 24.2 Å². The molecule has 0 aliphatic rings. The molecule has 0 aliphatic carbocycles. The molecule has 0 saturated carbocycles. The van der Waals surface area contributed by atoms with Crippen molar-refractivity contribution in [2.75, 3.05) is 30.1 Å². The van der Waals surface area contributed by atoms with Crippen LogP contribution in [0.15, 0.2) is 59.6 Å². The summed E-state index contributed by atoms with van der Waals surface area (Å²) in [5.41, 5.74) is 2.23. The highest BCUT2D eigenvalue weighted by molar-refractivity contribution is 7.90. The first-order valence-corrected chi connectivity index (χ1v) is 12.2. The molecule has 0 spiro atoms. The minimum Gasteiger partial charge on any atom is -0.462 e. The lowest BCUT2D eigenvalue weighted by atomic mass is 10.1. The molecule has 10 heteroatoms. The monoisotopic (exact) mass is 470 g/mol. The first-order chi connectivity index (χ1) is 15.7. The number of benzene rings is 2. The topological polar surface area (TPSA) is 131 Å². The number of hydrogen-bond donors (Lipinski definition) is 3. The first kappa shape index (κ1) is 24.1. The van der Waals surface area contributed by atoms with Crippen molar-refractivity contribution in [2.45, 2.75) is 24.8 Å². The van der Waals surface area contributed by atoms with Crippen LogP contribution >= 0.6 is 0 Å². The molecule has 0 fully saturated rings. The summed E-state index contributed by atoms with van der Waals surface area (Å²) in [5.74, 6) is -0.213. The number of esters is 1. The van der Waals surface area contributed by atoms with Crippen LogP contribution in [-0.2, 0) is 14.6 Å². The van der Waals surface area contributed by atoms with E-state index in [1.807, 2.05) is 30.3 Å². The molecule has 0 unspecified atom stereocenters. The number of aliphatic hydroxyl groups is 1. The second-order valence-corrected chi connectivity index (χ2v) is 9.36. The summed E-state index contributed by atoms with van der Waals surface area (Å²) in [6.45, 7) is 3.42. The summed E-state index contributed by atoms with van der Waals surface area (Å²) in [6, 6.07) is 13.4. The molecule has 2 aromatic carbocycles. The molecule has 3 rings (SSSR count). The Hall–Kier alpha value is -3.50. The number of aliphatic hydroxyl groups excluding tert-OH is 1. The molecule has 1 heterocycles. The number of aromatic nitrogens is 2. The van der Waals surface area contributed by atoms with Gasteiger partial charge in [-0.1, -0.05) is 30.3 Å². The smallest absolute Gasteiger partial charge is 0.343 e. The maximum Gasteiger partial charge on any atom is 0.343 e. The zero-order valence-electron chi connectivity index (χ0n) is 18.6. The standard InChI is InChI=1S/C23H26N4O5S/c1-4-32-22(29)18-13-24-23(26-19-11-10-17(12-15(19)2)33(3,30)31)27-21(18)25-20(14-28)16-8-6-5-7-9-16/h5-13,20,28H,4,14H2,1-3H3,(H2,24,25,26,27)/t20-/m1/s1. The Balaban J connectivity index is 1.95. The fraction of sp³-hybridized carbons (Fsp3) is 0.261. The van der Waals surface area contributed by atoms with Crippen LogP contribution in [0, 0.1) is 6.92 Å². The SMILES string of the molecule is CCOC(=O)c1cnc(Nc2ccc(S(C)(=O)=O)cc2C)nc1N[C@H](CO)c1ccccc1. The quantitative estimate of drug-likeness (QED) is 0.403. The highest BCUT2D eigenvalue weighted by Crippen LogP contribution is 2.26. The van der Waals surface area contributed by atoms with Gasteiger partial charge in [0, 0.05) is 18.1 Å². The molecule has 3 aromatic rings. The second-order valence-electron chi connectivity index (χ2n) is 7.34. The van der Waals surface area contributed by atoms with Crippen molar-refractivity contribution in [1.29, 1.82) is 0 Å². The molecule has 0 saturated heterocycles. The summed E-state index contributed by atoms with van der Waals surface area (Å²) in [6.07, 6.45) is 2.49. The molecule has 1 aromatic heterocycles.